The highest BCUT2D eigenvalue weighted by molar-refractivity contribution is 7.22. The molecule has 0 spiro atoms. The van der Waals surface area contributed by atoms with Gasteiger partial charge in [-0.05, 0) is 36.8 Å². The van der Waals surface area contributed by atoms with Gasteiger partial charge in [-0.25, -0.2) is 9.78 Å². The third kappa shape index (κ3) is 3.97. The molecule has 0 radical (unpaired) electrons. The molecule has 158 valence electrons. The van der Waals surface area contributed by atoms with Gasteiger partial charge in [0.15, 0.2) is 5.13 Å². The van der Waals surface area contributed by atoms with Crippen LogP contribution in [0.4, 0.5) is 15.6 Å². The van der Waals surface area contributed by atoms with Crippen molar-refractivity contribution in [3.8, 4) is 11.5 Å². The SMILES string of the molecule is COc1ccc(NC(=O)N2CCN(c3nc4c(C)c(Cl)ccc4s3)CC2)c(OC)c1. The first-order chi connectivity index (χ1) is 14.5. The summed E-state index contributed by atoms with van der Waals surface area (Å²) in [6.07, 6.45) is 0. The Morgan fingerprint density at radius 3 is 2.60 bits per heavy atom. The van der Waals surface area contributed by atoms with E-state index in [-0.39, 0.29) is 6.03 Å². The molecule has 3 aromatic rings. The molecule has 1 aliphatic rings. The highest BCUT2D eigenvalue weighted by atomic mass is 35.5. The minimum absolute atomic E-state index is 0.148. The summed E-state index contributed by atoms with van der Waals surface area (Å²) >= 11 is 7.88. The number of hydrogen-bond donors (Lipinski definition) is 1. The fraction of sp³-hybridized carbons (Fsp3) is 0.333. The number of aryl methyl sites for hydroxylation is 1. The largest absolute Gasteiger partial charge is 0.497 e. The summed E-state index contributed by atoms with van der Waals surface area (Å²) < 4.78 is 11.7. The molecule has 0 atom stereocenters. The van der Waals surface area contributed by atoms with Crippen LogP contribution in [0.25, 0.3) is 10.2 Å². The molecule has 4 rings (SSSR count). The van der Waals surface area contributed by atoms with Gasteiger partial charge in [0.2, 0.25) is 0 Å². The summed E-state index contributed by atoms with van der Waals surface area (Å²) in [6, 6.07) is 9.09. The molecule has 1 fully saturated rings. The molecule has 0 unspecified atom stereocenters. The van der Waals surface area contributed by atoms with E-state index in [0.717, 1.165) is 39.0 Å². The van der Waals surface area contributed by atoms with E-state index in [1.54, 1.807) is 48.7 Å². The number of amides is 2. The van der Waals surface area contributed by atoms with Crippen LogP contribution in [0, 0.1) is 6.92 Å². The molecule has 0 aliphatic carbocycles. The first-order valence-corrected chi connectivity index (χ1v) is 10.8. The van der Waals surface area contributed by atoms with Crippen molar-refractivity contribution in [2.45, 2.75) is 6.92 Å². The molecule has 30 heavy (non-hydrogen) atoms. The second-order valence-corrected chi connectivity index (χ2v) is 8.40. The number of rotatable bonds is 4. The molecule has 0 bridgehead atoms. The molecule has 9 heteroatoms. The number of nitrogens with zero attached hydrogens (tertiary/aromatic N) is 3. The van der Waals surface area contributed by atoms with Gasteiger partial charge in [-0.1, -0.05) is 22.9 Å². The van der Waals surface area contributed by atoms with Crippen LogP contribution in [-0.4, -0.2) is 56.3 Å². The van der Waals surface area contributed by atoms with Crippen molar-refractivity contribution in [3.05, 3.63) is 40.9 Å². The predicted molar refractivity (Wildman–Crippen MR) is 122 cm³/mol. The average Bonchev–Trinajstić information content (AvgIpc) is 3.22. The van der Waals surface area contributed by atoms with Crippen LogP contribution in [0.2, 0.25) is 5.02 Å². The molecule has 1 N–H and O–H groups in total. The Kier molecular flexibility index (Phi) is 5.87. The maximum Gasteiger partial charge on any atom is 0.322 e. The lowest BCUT2D eigenvalue weighted by Gasteiger charge is -2.34. The third-order valence-corrected chi connectivity index (χ3v) is 6.72. The summed E-state index contributed by atoms with van der Waals surface area (Å²) in [5.41, 5.74) is 2.57. The Morgan fingerprint density at radius 2 is 1.90 bits per heavy atom. The van der Waals surface area contributed by atoms with E-state index in [1.165, 1.54) is 0 Å². The van der Waals surface area contributed by atoms with Gasteiger partial charge in [0.1, 0.15) is 11.5 Å². The van der Waals surface area contributed by atoms with Crippen molar-refractivity contribution in [1.29, 1.82) is 0 Å². The topological polar surface area (TPSA) is 66.9 Å². The standard InChI is InChI=1S/C21H23ClN4O3S/c1-13-15(22)5-7-18-19(13)24-21(30-18)26-10-8-25(9-11-26)20(27)23-16-6-4-14(28-2)12-17(16)29-3/h4-7,12H,8-11H2,1-3H3,(H,23,27). The smallest absolute Gasteiger partial charge is 0.322 e. The van der Waals surface area contributed by atoms with Gasteiger partial charge in [-0.15, -0.1) is 0 Å². The van der Waals surface area contributed by atoms with E-state index < -0.39 is 0 Å². The van der Waals surface area contributed by atoms with Gasteiger partial charge < -0.3 is 24.6 Å². The first kappa shape index (κ1) is 20.6. The number of hydrogen-bond acceptors (Lipinski definition) is 6. The van der Waals surface area contributed by atoms with Crippen molar-refractivity contribution in [2.24, 2.45) is 0 Å². The maximum absolute atomic E-state index is 12.7. The van der Waals surface area contributed by atoms with Gasteiger partial charge in [-0.3, -0.25) is 0 Å². The molecule has 7 nitrogen and oxygen atoms in total. The number of aromatic nitrogens is 1. The van der Waals surface area contributed by atoms with Crippen LogP contribution in [-0.2, 0) is 0 Å². The van der Waals surface area contributed by atoms with Crippen molar-refractivity contribution in [2.75, 3.05) is 50.6 Å². The molecule has 0 saturated carbocycles. The maximum atomic E-state index is 12.7. The van der Waals surface area contributed by atoms with E-state index in [9.17, 15) is 4.79 Å². The van der Waals surface area contributed by atoms with E-state index in [1.807, 2.05) is 19.1 Å². The predicted octanol–water partition coefficient (Wildman–Crippen LogP) is 4.63. The van der Waals surface area contributed by atoms with E-state index in [4.69, 9.17) is 26.1 Å². The van der Waals surface area contributed by atoms with E-state index in [2.05, 4.69) is 10.2 Å². The Morgan fingerprint density at radius 1 is 1.13 bits per heavy atom. The minimum Gasteiger partial charge on any atom is -0.497 e. The summed E-state index contributed by atoms with van der Waals surface area (Å²) in [6.45, 7) is 4.66. The van der Waals surface area contributed by atoms with Crippen molar-refractivity contribution >= 4 is 50.0 Å². The molecular weight excluding hydrogens is 424 g/mol. The van der Waals surface area contributed by atoms with Gasteiger partial charge in [0.25, 0.3) is 0 Å². The molecule has 2 heterocycles. The van der Waals surface area contributed by atoms with Gasteiger partial charge in [-0.2, -0.15) is 0 Å². The number of thiazole rings is 1. The summed E-state index contributed by atoms with van der Waals surface area (Å²) in [5, 5.41) is 4.63. The number of piperazine rings is 1. The zero-order valence-corrected chi connectivity index (χ0v) is 18.6. The number of carbonyl (C=O) groups excluding carboxylic acids is 1. The van der Waals surface area contributed by atoms with E-state index >= 15 is 0 Å². The normalized spacial score (nSPS) is 14.1. The number of benzene rings is 2. The van der Waals surface area contributed by atoms with Crippen LogP contribution in [0.1, 0.15) is 5.56 Å². The van der Waals surface area contributed by atoms with Crippen LogP contribution < -0.4 is 19.7 Å². The lowest BCUT2D eigenvalue weighted by atomic mass is 10.2. The van der Waals surface area contributed by atoms with Crippen LogP contribution >= 0.6 is 22.9 Å². The highest BCUT2D eigenvalue weighted by Crippen LogP contribution is 2.34. The monoisotopic (exact) mass is 446 g/mol. The second-order valence-electron chi connectivity index (χ2n) is 6.99. The number of fused-ring (bicyclic) bond motifs is 1. The Bertz CT molecular complexity index is 1080. The van der Waals surface area contributed by atoms with E-state index in [0.29, 0.717) is 30.3 Å². The summed E-state index contributed by atoms with van der Waals surface area (Å²) in [5.74, 6) is 1.23. The third-order valence-electron chi connectivity index (χ3n) is 5.22. The fourth-order valence-corrected chi connectivity index (χ4v) is 4.65. The van der Waals surface area contributed by atoms with Crippen molar-refractivity contribution in [1.82, 2.24) is 9.88 Å². The van der Waals surface area contributed by atoms with Crippen LogP contribution in [0.3, 0.4) is 0 Å². The average molecular weight is 447 g/mol. The number of urea groups is 1. The second kappa shape index (κ2) is 8.57. The quantitative estimate of drug-likeness (QED) is 0.632. The molecular formula is C21H23ClN4O3S. The fourth-order valence-electron chi connectivity index (χ4n) is 3.42. The highest BCUT2D eigenvalue weighted by Gasteiger charge is 2.24. The lowest BCUT2D eigenvalue weighted by molar-refractivity contribution is 0.208. The lowest BCUT2D eigenvalue weighted by Crippen LogP contribution is -2.50. The molecule has 1 aliphatic heterocycles. The molecule has 2 aromatic carbocycles. The minimum atomic E-state index is -0.148. The van der Waals surface area contributed by atoms with Gasteiger partial charge in [0.05, 0.1) is 30.1 Å². The van der Waals surface area contributed by atoms with Gasteiger partial charge in [0, 0.05) is 37.3 Å². The summed E-state index contributed by atoms with van der Waals surface area (Å²) in [7, 11) is 3.16. The zero-order valence-electron chi connectivity index (χ0n) is 17.1. The van der Waals surface area contributed by atoms with Gasteiger partial charge >= 0.3 is 6.03 Å². The number of carbonyl (C=O) groups is 1. The van der Waals surface area contributed by atoms with Crippen molar-refractivity contribution in [3.63, 3.8) is 0 Å². The van der Waals surface area contributed by atoms with Crippen molar-refractivity contribution < 1.29 is 14.3 Å². The summed E-state index contributed by atoms with van der Waals surface area (Å²) in [4.78, 5) is 21.5. The number of nitrogens with one attached hydrogen (secondary N) is 1. The van der Waals surface area contributed by atoms with Crippen LogP contribution in [0.15, 0.2) is 30.3 Å². The number of anilines is 2. The molecule has 1 aromatic heterocycles. The number of ether oxygens (including phenoxy) is 2. The molecule has 1 saturated heterocycles. The number of halogens is 1. The zero-order chi connectivity index (χ0) is 21.3. The first-order valence-electron chi connectivity index (χ1n) is 9.58. The number of methoxy groups -OCH3 is 2. The van der Waals surface area contributed by atoms with Crippen LogP contribution in [0.5, 0.6) is 11.5 Å². The molecule has 2 amide bonds. The Labute approximate surface area is 184 Å². The Balaban J connectivity index is 1.41. The Hall–Kier alpha value is -2.71.